The summed E-state index contributed by atoms with van der Waals surface area (Å²) >= 11 is 0. The van der Waals surface area contributed by atoms with Crippen molar-refractivity contribution in [2.75, 3.05) is 13.2 Å². The van der Waals surface area contributed by atoms with Gasteiger partial charge in [-0.15, -0.1) is 0 Å². The second kappa shape index (κ2) is 6.97. The maximum absolute atomic E-state index is 12.0. The van der Waals surface area contributed by atoms with E-state index in [1.54, 1.807) is 0 Å². The SMILES string of the molecule is CC(CCCN)C(=O)NC1(CO)CCCCC1. The first kappa shape index (κ1) is 14.5. The van der Waals surface area contributed by atoms with Crippen LogP contribution in [0.3, 0.4) is 0 Å². The molecule has 1 rings (SSSR count). The molecule has 4 N–H and O–H groups in total. The summed E-state index contributed by atoms with van der Waals surface area (Å²) in [5, 5.41) is 12.6. The fraction of sp³-hybridized carbons (Fsp3) is 0.923. The smallest absolute Gasteiger partial charge is 0.223 e. The molecule has 1 amide bonds. The Morgan fingerprint density at radius 2 is 2.06 bits per heavy atom. The standard InChI is InChI=1S/C13H26N2O2/c1-11(6-5-9-14)12(17)15-13(10-16)7-3-2-4-8-13/h11,16H,2-10,14H2,1H3,(H,15,17). The molecule has 0 heterocycles. The van der Waals surface area contributed by atoms with E-state index in [1.165, 1.54) is 6.42 Å². The molecule has 0 aromatic rings. The van der Waals surface area contributed by atoms with Crippen molar-refractivity contribution in [3.05, 3.63) is 0 Å². The minimum Gasteiger partial charge on any atom is -0.394 e. The number of carbonyl (C=O) groups is 1. The molecule has 0 aromatic heterocycles. The van der Waals surface area contributed by atoms with Gasteiger partial charge in [-0.2, -0.15) is 0 Å². The molecule has 1 aliphatic carbocycles. The van der Waals surface area contributed by atoms with Gasteiger partial charge in [0.15, 0.2) is 0 Å². The van der Waals surface area contributed by atoms with Crippen LogP contribution < -0.4 is 11.1 Å². The number of nitrogens with one attached hydrogen (secondary N) is 1. The van der Waals surface area contributed by atoms with Crippen LogP contribution >= 0.6 is 0 Å². The fourth-order valence-electron chi connectivity index (χ4n) is 2.49. The lowest BCUT2D eigenvalue weighted by Gasteiger charge is -2.37. The highest BCUT2D eigenvalue weighted by Crippen LogP contribution is 2.28. The van der Waals surface area contributed by atoms with Crippen LogP contribution in [0.15, 0.2) is 0 Å². The van der Waals surface area contributed by atoms with E-state index in [0.29, 0.717) is 6.54 Å². The van der Waals surface area contributed by atoms with Gasteiger partial charge in [-0.3, -0.25) is 4.79 Å². The largest absolute Gasteiger partial charge is 0.394 e. The Balaban J connectivity index is 2.46. The van der Waals surface area contributed by atoms with Crippen LogP contribution in [0.25, 0.3) is 0 Å². The van der Waals surface area contributed by atoms with Gasteiger partial charge >= 0.3 is 0 Å². The van der Waals surface area contributed by atoms with E-state index in [2.05, 4.69) is 5.32 Å². The maximum atomic E-state index is 12.0. The molecule has 0 spiro atoms. The number of aliphatic hydroxyl groups excluding tert-OH is 1. The number of nitrogens with two attached hydrogens (primary N) is 1. The van der Waals surface area contributed by atoms with Gasteiger partial charge in [0, 0.05) is 5.92 Å². The zero-order chi connectivity index (χ0) is 12.7. The second-order valence-corrected chi connectivity index (χ2v) is 5.32. The molecular formula is C13H26N2O2. The number of carbonyl (C=O) groups excluding carboxylic acids is 1. The van der Waals surface area contributed by atoms with E-state index < -0.39 is 0 Å². The van der Waals surface area contributed by atoms with Gasteiger partial charge in [-0.25, -0.2) is 0 Å². The highest BCUT2D eigenvalue weighted by molar-refractivity contribution is 5.79. The molecule has 1 saturated carbocycles. The molecule has 0 bridgehead atoms. The van der Waals surface area contributed by atoms with Crippen LogP contribution in [-0.4, -0.2) is 29.7 Å². The fourth-order valence-corrected chi connectivity index (χ4v) is 2.49. The van der Waals surface area contributed by atoms with E-state index in [1.807, 2.05) is 6.92 Å². The summed E-state index contributed by atoms with van der Waals surface area (Å²) in [5.41, 5.74) is 5.09. The third kappa shape index (κ3) is 4.28. The van der Waals surface area contributed by atoms with E-state index in [-0.39, 0.29) is 24.0 Å². The molecule has 1 unspecified atom stereocenters. The number of hydrogen-bond donors (Lipinski definition) is 3. The third-order valence-electron chi connectivity index (χ3n) is 3.79. The van der Waals surface area contributed by atoms with Crippen LogP contribution in [0.5, 0.6) is 0 Å². The Labute approximate surface area is 104 Å². The Bertz CT molecular complexity index is 238. The van der Waals surface area contributed by atoms with E-state index in [4.69, 9.17) is 5.73 Å². The molecule has 100 valence electrons. The lowest BCUT2D eigenvalue weighted by atomic mass is 9.82. The normalized spacial score (nSPS) is 20.9. The van der Waals surface area contributed by atoms with Crippen LogP contribution in [0.1, 0.15) is 51.9 Å². The van der Waals surface area contributed by atoms with Gasteiger partial charge < -0.3 is 16.2 Å². The zero-order valence-electron chi connectivity index (χ0n) is 10.9. The number of rotatable bonds is 6. The molecule has 1 fully saturated rings. The molecule has 1 aliphatic rings. The Kier molecular flexibility index (Phi) is 5.92. The predicted molar refractivity (Wildman–Crippen MR) is 68.5 cm³/mol. The molecule has 0 aliphatic heterocycles. The highest BCUT2D eigenvalue weighted by Gasteiger charge is 2.33. The van der Waals surface area contributed by atoms with Gasteiger partial charge in [0.05, 0.1) is 12.1 Å². The molecule has 1 atom stereocenters. The lowest BCUT2D eigenvalue weighted by molar-refractivity contribution is -0.127. The first-order valence-corrected chi connectivity index (χ1v) is 6.76. The summed E-state index contributed by atoms with van der Waals surface area (Å²) in [7, 11) is 0. The second-order valence-electron chi connectivity index (χ2n) is 5.32. The molecule has 4 heteroatoms. The minimum absolute atomic E-state index is 0.0103. The average molecular weight is 242 g/mol. The Morgan fingerprint density at radius 1 is 1.41 bits per heavy atom. The summed E-state index contributed by atoms with van der Waals surface area (Å²) in [4.78, 5) is 12.0. The van der Waals surface area contributed by atoms with Crippen molar-refractivity contribution in [2.24, 2.45) is 11.7 Å². The monoisotopic (exact) mass is 242 g/mol. The van der Waals surface area contributed by atoms with E-state index in [0.717, 1.165) is 38.5 Å². The number of amides is 1. The quantitative estimate of drug-likeness (QED) is 0.654. The molecular weight excluding hydrogens is 216 g/mol. The van der Waals surface area contributed by atoms with Crippen LogP contribution in [-0.2, 0) is 4.79 Å². The van der Waals surface area contributed by atoms with E-state index in [9.17, 15) is 9.90 Å². The van der Waals surface area contributed by atoms with Crippen LogP contribution in [0.4, 0.5) is 0 Å². The lowest BCUT2D eigenvalue weighted by Crippen LogP contribution is -2.53. The van der Waals surface area contributed by atoms with Crippen molar-refractivity contribution in [3.8, 4) is 0 Å². The van der Waals surface area contributed by atoms with Gasteiger partial charge in [-0.05, 0) is 32.2 Å². The highest BCUT2D eigenvalue weighted by atomic mass is 16.3. The van der Waals surface area contributed by atoms with Crippen LogP contribution in [0.2, 0.25) is 0 Å². The van der Waals surface area contributed by atoms with Crippen molar-refractivity contribution >= 4 is 5.91 Å². The summed E-state index contributed by atoms with van der Waals surface area (Å²) < 4.78 is 0. The number of hydrogen-bond acceptors (Lipinski definition) is 3. The zero-order valence-corrected chi connectivity index (χ0v) is 10.9. The molecule has 4 nitrogen and oxygen atoms in total. The van der Waals surface area contributed by atoms with Crippen molar-refractivity contribution in [1.29, 1.82) is 0 Å². The van der Waals surface area contributed by atoms with Gasteiger partial charge in [0.25, 0.3) is 0 Å². The summed E-state index contributed by atoms with van der Waals surface area (Å²) in [5.74, 6) is 0.0540. The first-order valence-electron chi connectivity index (χ1n) is 6.76. The first-order chi connectivity index (χ1) is 8.13. The minimum atomic E-state index is -0.355. The summed E-state index contributed by atoms with van der Waals surface area (Å²) in [6, 6.07) is 0. The summed E-state index contributed by atoms with van der Waals surface area (Å²) in [6.45, 7) is 2.62. The van der Waals surface area contributed by atoms with Crippen LogP contribution in [0, 0.1) is 5.92 Å². The molecule has 0 saturated heterocycles. The van der Waals surface area contributed by atoms with Gasteiger partial charge in [0.1, 0.15) is 0 Å². The van der Waals surface area contributed by atoms with Crippen molar-refractivity contribution < 1.29 is 9.90 Å². The maximum Gasteiger partial charge on any atom is 0.223 e. The summed E-state index contributed by atoms with van der Waals surface area (Å²) in [6.07, 6.45) is 6.90. The Hall–Kier alpha value is -0.610. The topological polar surface area (TPSA) is 75.4 Å². The van der Waals surface area contributed by atoms with E-state index >= 15 is 0 Å². The van der Waals surface area contributed by atoms with Gasteiger partial charge in [0.2, 0.25) is 5.91 Å². The molecule has 0 radical (unpaired) electrons. The molecule has 0 aromatic carbocycles. The van der Waals surface area contributed by atoms with Gasteiger partial charge in [-0.1, -0.05) is 26.2 Å². The predicted octanol–water partition coefficient (Wildman–Crippen LogP) is 1.17. The third-order valence-corrected chi connectivity index (χ3v) is 3.79. The molecule has 17 heavy (non-hydrogen) atoms. The van der Waals surface area contributed by atoms with Crippen molar-refractivity contribution in [3.63, 3.8) is 0 Å². The van der Waals surface area contributed by atoms with Crippen molar-refractivity contribution in [2.45, 2.75) is 57.4 Å². The van der Waals surface area contributed by atoms with Crippen molar-refractivity contribution in [1.82, 2.24) is 5.32 Å². The number of aliphatic hydroxyl groups is 1. The average Bonchev–Trinajstić information content (AvgIpc) is 2.36. The Morgan fingerprint density at radius 3 is 2.59 bits per heavy atom.